The van der Waals surface area contributed by atoms with Gasteiger partial charge in [0.15, 0.2) is 0 Å². The molecule has 1 saturated heterocycles. The largest absolute Gasteiger partial charge is 0.496 e. The van der Waals surface area contributed by atoms with Crippen LogP contribution in [0.25, 0.3) is 0 Å². The minimum absolute atomic E-state index is 0.130. The van der Waals surface area contributed by atoms with Crippen LogP contribution >= 0.6 is 0 Å². The van der Waals surface area contributed by atoms with Crippen molar-refractivity contribution in [3.8, 4) is 5.75 Å². The van der Waals surface area contributed by atoms with Gasteiger partial charge in [0.25, 0.3) is 11.6 Å². The number of benzene rings is 1. The van der Waals surface area contributed by atoms with Gasteiger partial charge in [-0.15, -0.1) is 0 Å². The van der Waals surface area contributed by atoms with Gasteiger partial charge in [0.05, 0.1) is 17.6 Å². The number of rotatable bonds is 6. The smallest absolute Gasteiger partial charge is 0.270 e. The van der Waals surface area contributed by atoms with Crippen LogP contribution in [0.3, 0.4) is 0 Å². The number of nitro groups is 1. The van der Waals surface area contributed by atoms with E-state index >= 15 is 0 Å². The zero-order valence-electron chi connectivity index (χ0n) is 15.9. The quantitative estimate of drug-likeness (QED) is 0.606. The molecule has 0 spiro atoms. The second-order valence-electron chi connectivity index (χ2n) is 6.75. The zero-order valence-corrected chi connectivity index (χ0v) is 15.9. The molecule has 8 nitrogen and oxygen atoms in total. The van der Waals surface area contributed by atoms with Crippen LogP contribution in [0.5, 0.6) is 5.75 Å². The van der Waals surface area contributed by atoms with E-state index in [1.807, 2.05) is 12.1 Å². The van der Waals surface area contributed by atoms with Crippen LogP contribution in [-0.2, 0) is 6.54 Å². The number of amides is 1. The lowest BCUT2D eigenvalue weighted by Gasteiger charge is -2.21. The van der Waals surface area contributed by atoms with Gasteiger partial charge < -0.3 is 15.0 Å². The van der Waals surface area contributed by atoms with Gasteiger partial charge in [0.1, 0.15) is 11.6 Å². The number of hydrogen-bond acceptors (Lipinski definition) is 6. The Labute approximate surface area is 163 Å². The van der Waals surface area contributed by atoms with Gasteiger partial charge >= 0.3 is 0 Å². The van der Waals surface area contributed by atoms with Crippen molar-refractivity contribution in [1.29, 1.82) is 0 Å². The molecule has 2 aromatic rings. The van der Waals surface area contributed by atoms with Crippen LogP contribution in [0.15, 0.2) is 36.5 Å². The Balaban J connectivity index is 1.64. The Morgan fingerprint density at radius 2 is 1.96 bits per heavy atom. The second-order valence-corrected chi connectivity index (χ2v) is 6.75. The van der Waals surface area contributed by atoms with Crippen molar-refractivity contribution in [1.82, 2.24) is 10.3 Å². The van der Waals surface area contributed by atoms with Crippen LogP contribution in [0.2, 0.25) is 0 Å². The number of methoxy groups -OCH3 is 1. The minimum Gasteiger partial charge on any atom is -0.496 e. The van der Waals surface area contributed by atoms with Crippen molar-refractivity contribution >= 4 is 17.4 Å². The molecule has 1 aromatic carbocycles. The number of anilines is 1. The highest BCUT2D eigenvalue weighted by Crippen LogP contribution is 2.24. The number of non-ortho nitro benzene ring substituents is 1. The molecule has 1 amide bonds. The Bertz CT molecular complexity index is 831. The molecule has 1 fully saturated rings. The molecular weight excluding hydrogens is 360 g/mol. The average molecular weight is 384 g/mol. The molecule has 0 saturated carbocycles. The molecule has 0 atom stereocenters. The van der Waals surface area contributed by atoms with Gasteiger partial charge in [-0.05, 0) is 30.5 Å². The molecular formula is C20H24N4O4. The zero-order chi connectivity index (χ0) is 19.9. The highest BCUT2D eigenvalue weighted by atomic mass is 16.6. The van der Waals surface area contributed by atoms with E-state index in [9.17, 15) is 14.9 Å². The molecule has 0 unspecified atom stereocenters. The third kappa shape index (κ3) is 4.76. The number of ether oxygens (including phenoxy) is 1. The summed E-state index contributed by atoms with van der Waals surface area (Å²) in [6, 6.07) is 7.86. The summed E-state index contributed by atoms with van der Waals surface area (Å²) in [6.07, 6.45) is 6.66. The third-order valence-corrected chi connectivity index (χ3v) is 4.83. The number of pyridine rings is 1. The van der Waals surface area contributed by atoms with E-state index in [1.54, 1.807) is 6.20 Å². The van der Waals surface area contributed by atoms with Crippen molar-refractivity contribution in [2.24, 2.45) is 0 Å². The van der Waals surface area contributed by atoms with E-state index < -0.39 is 10.8 Å². The van der Waals surface area contributed by atoms with Crippen molar-refractivity contribution in [2.45, 2.75) is 32.2 Å². The van der Waals surface area contributed by atoms with Gasteiger partial charge in [-0.25, -0.2) is 4.98 Å². The normalized spacial score (nSPS) is 14.2. The Morgan fingerprint density at radius 3 is 2.57 bits per heavy atom. The molecule has 1 aromatic heterocycles. The Morgan fingerprint density at radius 1 is 1.21 bits per heavy atom. The predicted molar refractivity (Wildman–Crippen MR) is 106 cm³/mol. The Hall–Kier alpha value is -3.16. The molecule has 0 radical (unpaired) electrons. The lowest BCUT2D eigenvalue weighted by Crippen LogP contribution is -2.25. The fraction of sp³-hybridized carbons (Fsp3) is 0.400. The Kier molecular flexibility index (Phi) is 6.41. The maximum atomic E-state index is 12.5. The van der Waals surface area contributed by atoms with Crippen molar-refractivity contribution in [2.75, 3.05) is 25.1 Å². The summed E-state index contributed by atoms with van der Waals surface area (Å²) in [7, 11) is 1.42. The van der Waals surface area contributed by atoms with E-state index in [0.29, 0.717) is 0 Å². The highest BCUT2D eigenvalue weighted by Gasteiger charge is 2.17. The molecule has 2 heterocycles. The molecule has 1 aliphatic heterocycles. The monoisotopic (exact) mass is 384 g/mol. The van der Waals surface area contributed by atoms with Gasteiger partial charge in [0, 0.05) is 38.0 Å². The summed E-state index contributed by atoms with van der Waals surface area (Å²) in [6.45, 7) is 2.32. The SMILES string of the molecule is COc1ccc([N+](=O)[O-])cc1C(=O)NCc1ccc(N2CCCCCC2)nc1. The molecule has 1 N–H and O–H groups in total. The maximum Gasteiger partial charge on any atom is 0.270 e. The maximum absolute atomic E-state index is 12.5. The number of aromatic nitrogens is 1. The number of nitro benzene ring substituents is 1. The van der Waals surface area contributed by atoms with Crippen LogP contribution < -0.4 is 15.0 Å². The van der Waals surface area contributed by atoms with Gasteiger partial charge in [0.2, 0.25) is 0 Å². The predicted octanol–water partition coefficient (Wildman–Crippen LogP) is 3.31. The van der Waals surface area contributed by atoms with Crippen LogP contribution in [-0.4, -0.2) is 36.0 Å². The number of carbonyl (C=O) groups is 1. The van der Waals surface area contributed by atoms with E-state index in [1.165, 1.54) is 51.0 Å². The molecule has 148 valence electrons. The third-order valence-electron chi connectivity index (χ3n) is 4.83. The van der Waals surface area contributed by atoms with Crippen molar-refractivity contribution < 1.29 is 14.5 Å². The minimum atomic E-state index is -0.540. The summed E-state index contributed by atoms with van der Waals surface area (Å²) in [4.78, 5) is 29.7. The van der Waals surface area contributed by atoms with Gasteiger partial charge in [-0.2, -0.15) is 0 Å². The number of nitrogens with zero attached hydrogens (tertiary/aromatic N) is 3. The van der Waals surface area contributed by atoms with Crippen LogP contribution in [0, 0.1) is 10.1 Å². The van der Waals surface area contributed by atoms with Gasteiger partial charge in [-0.1, -0.05) is 18.9 Å². The van der Waals surface area contributed by atoms with Crippen molar-refractivity contribution in [3.63, 3.8) is 0 Å². The topological polar surface area (TPSA) is 97.6 Å². The lowest BCUT2D eigenvalue weighted by atomic mass is 10.1. The van der Waals surface area contributed by atoms with E-state index in [2.05, 4.69) is 15.2 Å². The first kappa shape index (κ1) is 19.6. The summed E-state index contributed by atoms with van der Waals surface area (Å²) in [5, 5.41) is 13.7. The molecule has 3 rings (SSSR count). The van der Waals surface area contributed by atoms with E-state index in [0.717, 1.165) is 24.5 Å². The summed E-state index contributed by atoms with van der Waals surface area (Å²) in [5.41, 5.74) is 0.830. The number of nitrogens with one attached hydrogen (secondary N) is 1. The fourth-order valence-corrected chi connectivity index (χ4v) is 3.27. The highest BCUT2D eigenvalue weighted by molar-refractivity contribution is 5.97. The van der Waals surface area contributed by atoms with E-state index in [4.69, 9.17) is 4.74 Å². The molecule has 0 aliphatic carbocycles. The second kappa shape index (κ2) is 9.16. The van der Waals surface area contributed by atoms with Crippen LogP contribution in [0.4, 0.5) is 11.5 Å². The summed E-state index contributed by atoms with van der Waals surface area (Å²) in [5.74, 6) is 0.812. The first-order valence-electron chi connectivity index (χ1n) is 9.39. The number of hydrogen-bond donors (Lipinski definition) is 1. The number of carbonyl (C=O) groups excluding carboxylic acids is 1. The molecule has 28 heavy (non-hydrogen) atoms. The summed E-state index contributed by atoms with van der Waals surface area (Å²) < 4.78 is 5.15. The average Bonchev–Trinajstić information content (AvgIpc) is 3.01. The first-order chi connectivity index (χ1) is 13.6. The lowest BCUT2D eigenvalue weighted by molar-refractivity contribution is -0.384. The van der Waals surface area contributed by atoms with Gasteiger partial charge in [-0.3, -0.25) is 14.9 Å². The van der Waals surface area contributed by atoms with Crippen LogP contribution in [0.1, 0.15) is 41.6 Å². The summed E-state index contributed by atoms with van der Waals surface area (Å²) >= 11 is 0. The fourth-order valence-electron chi connectivity index (χ4n) is 3.27. The molecule has 0 bridgehead atoms. The standard InChI is InChI=1S/C20H24N4O4/c1-28-18-8-7-16(24(26)27)12-17(18)20(25)22-14-15-6-9-19(21-13-15)23-10-4-2-3-5-11-23/h6-9,12-13H,2-5,10-11,14H2,1H3,(H,22,25). The molecule has 8 heteroatoms. The van der Waals surface area contributed by atoms with E-state index in [-0.39, 0.29) is 23.5 Å². The van der Waals surface area contributed by atoms with Crippen molar-refractivity contribution in [3.05, 3.63) is 57.8 Å². The first-order valence-corrected chi connectivity index (χ1v) is 9.39. The molecule has 1 aliphatic rings.